The van der Waals surface area contributed by atoms with Crippen LogP contribution in [-0.2, 0) is 16.1 Å². The normalized spacial score (nSPS) is 32.5. The van der Waals surface area contributed by atoms with E-state index < -0.39 is 5.97 Å². The van der Waals surface area contributed by atoms with Gasteiger partial charge >= 0.3 is 11.7 Å². The Morgan fingerprint density at radius 1 is 0.842 bits per heavy atom. The monoisotopic (exact) mass is 523 g/mol. The van der Waals surface area contributed by atoms with Crippen LogP contribution < -0.4 is 11.2 Å². The van der Waals surface area contributed by atoms with Gasteiger partial charge in [-0.05, 0) is 88.2 Å². The predicted molar refractivity (Wildman–Crippen MR) is 150 cm³/mol. The van der Waals surface area contributed by atoms with Crippen LogP contribution in [0.1, 0.15) is 91.5 Å². The number of benzene rings is 1. The number of carbonyl (C=O) groups is 1. The zero-order valence-electron chi connectivity index (χ0n) is 23.6. The Labute approximate surface area is 226 Å². The number of piperidine rings is 2. The van der Waals surface area contributed by atoms with Crippen LogP contribution in [0, 0.1) is 17.8 Å². The lowest BCUT2D eigenvalue weighted by Crippen LogP contribution is -2.59. The van der Waals surface area contributed by atoms with Gasteiger partial charge in [0.05, 0.1) is 17.5 Å². The molecule has 0 spiro atoms. The summed E-state index contributed by atoms with van der Waals surface area (Å²) in [6.07, 6.45) is 10.2. The Morgan fingerprint density at radius 3 is 2.08 bits per heavy atom. The standard InChI is InChI=1S/C31H45N3O4/c1-5-38-29(35)19-32-28-12-7-6-11-27(28)30(36)34(31(32)37)26-17-23-9-8-10-24(18-26)33(23)25-15-21(3)13-20(2)14-22(4)16-25/h6-7,11-12,20-26H,5,8-10,13-19H2,1-4H3/t20?,21-,22+,23-,24+,25-,26+. The molecule has 1 aromatic carbocycles. The highest BCUT2D eigenvalue weighted by atomic mass is 16.5. The predicted octanol–water partition coefficient (Wildman–Crippen LogP) is 5.14. The van der Waals surface area contributed by atoms with E-state index in [0.29, 0.717) is 29.0 Å². The minimum absolute atomic E-state index is 0.150. The quantitative estimate of drug-likeness (QED) is 0.508. The first-order valence-electron chi connectivity index (χ1n) is 14.9. The Kier molecular flexibility index (Phi) is 8.13. The molecule has 1 aliphatic carbocycles. The smallest absolute Gasteiger partial charge is 0.332 e. The van der Waals surface area contributed by atoms with E-state index in [1.807, 2.05) is 6.07 Å². The van der Waals surface area contributed by atoms with Crippen LogP contribution in [0.3, 0.4) is 0 Å². The van der Waals surface area contributed by atoms with Gasteiger partial charge in [-0.25, -0.2) is 4.79 Å². The minimum atomic E-state index is -0.460. The fraction of sp³-hybridized carbons (Fsp3) is 0.710. The highest BCUT2D eigenvalue weighted by molar-refractivity contribution is 5.80. The number of ether oxygens (including phenoxy) is 1. The summed E-state index contributed by atoms with van der Waals surface area (Å²) in [4.78, 5) is 42.8. The van der Waals surface area contributed by atoms with E-state index in [-0.39, 0.29) is 30.4 Å². The van der Waals surface area contributed by atoms with Gasteiger partial charge in [-0.3, -0.25) is 23.6 Å². The third kappa shape index (κ3) is 5.36. The molecule has 3 aliphatic rings. The lowest BCUT2D eigenvalue weighted by atomic mass is 9.75. The molecule has 1 unspecified atom stereocenters. The largest absolute Gasteiger partial charge is 0.465 e. The van der Waals surface area contributed by atoms with Crippen molar-refractivity contribution in [1.29, 1.82) is 0 Å². The van der Waals surface area contributed by atoms with Crippen LogP contribution >= 0.6 is 0 Å². The van der Waals surface area contributed by atoms with Crippen LogP contribution in [0.5, 0.6) is 0 Å². The third-order valence-corrected chi connectivity index (χ3v) is 9.43. The van der Waals surface area contributed by atoms with Crippen LogP contribution in [0.15, 0.2) is 33.9 Å². The number of carbonyl (C=O) groups excluding carboxylic acids is 1. The van der Waals surface area contributed by atoms with Gasteiger partial charge < -0.3 is 4.74 Å². The van der Waals surface area contributed by atoms with E-state index in [1.54, 1.807) is 25.1 Å². The van der Waals surface area contributed by atoms with Crippen molar-refractivity contribution in [3.05, 3.63) is 45.1 Å². The molecular weight excluding hydrogens is 478 g/mol. The molecule has 2 bridgehead atoms. The summed E-state index contributed by atoms with van der Waals surface area (Å²) in [5.74, 6) is 1.78. The van der Waals surface area contributed by atoms with E-state index in [1.165, 1.54) is 41.2 Å². The second-order valence-electron chi connectivity index (χ2n) is 12.6. The second-order valence-corrected chi connectivity index (χ2v) is 12.6. The molecule has 2 saturated heterocycles. The summed E-state index contributed by atoms with van der Waals surface area (Å²) in [5.41, 5.74) is -0.124. The van der Waals surface area contributed by atoms with E-state index in [0.717, 1.165) is 43.4 Å². The third-order valence-electron chi connectivity index (χ3n) is 9.43. The number of hydrogen-bond acceptors (Lipinski definition) is 5. The van der Waals surface area contributed by atoms with Crippen molar-refractivity contribution >= 4 is 16.9 Å². The molecule has 0 amide bonds. The zero-order chi connectivity index (χ0) is 27.0. The summed E-state index contributed by atoms with van der Waals surface area (Å²) in [5, 5.41) is 0.487. The van der Waals surface area contributed by atoms with Gasteiger partial charge in [0.1, 0.15) is 6.54 Å². The number of para-hydroxylation sites is 1. The first-order chi connectivity index (χ1) is 18.3. The molecule has 2 aliphatic heterocycles. The van der Waals surface area contributed by atoms with Gasteiger partial charge in [0, 0.05) is 24.2 Å². The topological polar surface area (TPSA) is 73.5 Å². The molecule has 0 N–H and O–H groups in total. The van der Waals surface area contributed by atoms with Gasteiger partial charge in [0.15, 0.2) is 0 Å². The summed E-state index contributed by atoms with van der Waals surface area (Å²) in [7, 11) is 0. The molecule has 7 atom stereocenters. The van der Waals surface area contributed by atoms with Crippen molar-refractivity contribution in [2.75, 3.05) is 6.61 Å². The Hall–Kier alpha value is -2.41. The van der Waals surface area contributed by atoms with Gasteiger partial charge in [0.2, 0.25) is 0 Å². The summed E-state index contributed by atoms with van der Waals surface area (Å²) < 4.78 is 8.08. The average molecular weight is 524 g/mol. The molecule has 2 aromatic rings. The molecule has 208 valence electrons. The SMILES string of the molecule is CCOC(=O)Cn1c(=O)n([C@H]2C[C@H]3CCC[C@@H](C2)N3[C@@H]2C[C@H](C)CC(C)C[C@H](C)C2)c(=O)c2ccccc21. The molecule has 0 radical (unpaired) electrons. The molecule has 1 aromatic heterocycles. The summed E-state index contributed by atoms with van der Waals surface area (Å²) in [6, 6.07) is 8.35. The number of rotatable bonds is 5. The average Bonchev–Trinajstić information content (AvgIpc) is 2.85. The van der Waals surface area contributed by atoms with E-state index in [2.05, 4.69) is 25.7 Å². The Balaban J connectivity index is 1.48. The van der Waals surface area contributed by atoms with E-state index >= 15 is 0 Å². The molecule has 7 heteroatoms. The van der Waals surface area contributed by atoms with Crippen molar-refractivity contribution in [2.24, 2.45) is 17.8 Å². The molecular formula is C31H45N3O4. The van der Waals surface area contributed by atoms with E-state index in [4.69, 9.17) is 4.74 Å². The van der Waals surface area contributed by atoms with Crippen LogP contribution in [-0.4, -0.2) is 44.7 Å². The van der Waals surface area contributed by atoms with Gasteiger partial charge in [-0.15, -0.1) is 0 Å². The van der Waals surface area contributed by atoms with Crippen molar-refractivity contribution in [3.63, 3.8) is 0 Å². The molecule has 3 fully saturated rings. The summed E-state index contributed by atoms with van der Waals surface area (Å²) in [6.45, 7) is 9.07. The highest BCUT2D eigenvalue weighted by Crippen LogP contribution is 2.43. The lowest BCUT2D eigenvalue weighted by molar-refractivity contribution is -0.143. The van der Waals surface area contributed by atoms with Crippen LogP contribution in [0.25, 0.3) is 10.9 Å². The highest BCUT2D eigenvalue weighted by Gasteiger charge is 2.44. The first-order valence-corrected chi connectivity index (χ1v) is 14.9. The molecule has 38 heavy (non-hydrogen) atoms. The minimum Gasteiger partial charge on any atom is -0.465 e. The number of hydrogen-bond donors (Lipinski definition) is 0. The fourth-order valence-corrected chi connectivity index (χ4v) is 8.28. The second kappa shape index (κ2) is 11.4. The van der Waals surface area contributed by atoms with Gasteiger partial charge in [-0.1, -0.05) is 39.3 Å². The van der Waals surface area contributed by atoms with Gasteiger partial charge in [0.25, 0.3) is 5.56 Å². The van der Waals surface area contributed by atoms with Crippen molar-refractivity contribution in [1.82, 2.24) is 14.0 Å². The molecule has 7 nitrogen and oxygen atoms in total. The van der Waals surface area contributed by atoms with Crippen LogP contribution in [0.4, 0.5) is 0 Å². The first kappa shape index (κ1) is 27.2. The number of aromatic nitrogens is 2. The number of esters is 1. The number of fused-ring (bicyclic) bond motifs is 3. The van der Waals surface area contributed by atoms with Crippen molar-refractivity contribution < 1.29 is 9.53 Å². The van der Waals surface area contributed by atoms with Gasteiger partial charge in [-0.2, -0.15) is 0 Å². The Morgan fingerprint density at radius 2 is 1.45 bits per heavy atom. The van der Waals surface area contributed by atoms with Crippen LogP contribution in [0.2, 0.25) is 0 Å². The molecule has 3 heterocycles. The van der Waals surface area contributed by atoms with E-state index in [9.17, 15) is 14.4 Å². The molecule has 5 rings (SSSR count). The molecule has 1 saturated carbocycles. The lowest BCUT2D eigenvalue weighted by Gasteiger charge is -2.53. The zero-order valence-corrected chi connectivity index (χ0v) is 23.6. The van der Waals surface area contributed by atoms with Crippen molar-refractivity contribution in [3.8, 4) is 0 Å². The number of nitrogens with zero attached hydrogens (tertiary/aromatic N) is 3. The maximum Gasteiger partial charge on any atom is 0.332 e. The Bertz CT molecular complexity index is 1240. The maximum atomic E-state index is 13.9. The van der Waals surface area contributed by atoms with Crippen molar-refractivity contribution in [2.45, 2.75) is 116 Å². The maximum absolute atomic E-state index is 13.9. The fourth-order valence-electron chi connectivity index (χ4n) is 8.28. The summed E-state index contributed by atoms with van der Waals surface area (Å²) >= 11 is 0.